The summed E-state index contributed by atoms with van der Waals surface area (Å²) in [5.74, 6) is -0.645. The number of hydrogen-bond acceptors (Lipinski definition) is 2. The van der Waals surface area contributed by atoms with Gasteiger partial charge in [-0.3, -0.25) is 9.59 Å². The number of carbonyl (C=O) groups is 1. The molecule has 3 rings (SSSR count). The van der Waals surface area contributed by atoms with Crippen LogP contribution >= 0.6 is 0 Å². The van der Waals surface area contributed by atoms with Gasteiger partial charge in [-0.15, -0.1) is 0 Å². The molecule has 4 nitrogen and oxygen atoms in total. The summed E-state index contributed by atoms with van der Waals surface area (Å²) in [6, 6.07) is 17.9. The van der Waals surface area contributed by atoms with Crippen LogP contribution in [0.3, 0.4) is 0 Å². The Morgan fingerprint density at radius 2 is 1.60 bits per heavy atom. The van der Waals surface area contributed by atoms with Gasteiger partial charge in [0.2, 0.25) is 5.56 Å². The van der Waals surface area contributed by atoms with Crippen molar-refractivity contribution in [3.63, 3.8) is 0 Å². The van der Waals surface area contributed by atoms with E-state index in [1.165, 1.54) is 35.0 Å². The molecule has 3 aromatic rings. The van der Waals surface area contributed by atoms with Crippen LogP contribution in [0.4, 0.5) is 4.39 Å². The lowest BCUT2D eigenvalue weighted by Gasteiger charge is -2.20. The van der Waals surface area contributed by atoms with Crippen LogP contribution in [-0.2, 0) is 7.05 Å². The normalized spacial score (nSPS) is 11.8. The molecule has 1 amide bonds. The number of pyridine rings is 1. The molecule has 0 bridgehead atoms. The average Bonchev–Trinajstić information content (AvgIpc) is 2.63. The largest absolute Gasteiger partial charge is 0.341 e. The summed E-state index contributed by atoms with van der Waals surface area (Å²) < 4.78 is 14.6. The first-order valence-electron chi connectivity index (χ1n) is 7.82. The number of amides is 1. The zero-order valence-electron chi connectivity index (χ0n) is 13.6. The van der Waals surface area contributed by atoms with Crippen molar-refractivity contribution < 1.29 is 9.18 Å². The summed E-state index contributed by atoms with van der Waals surface area (Å²) in [7, 11) is 1.59. The Bertz CT molecular complexity index is 934. The number of benzene rings is 2. The molecule has 0 unspecified atom stereocenters. The number of nitrogens with one attached hydrogen (secondary N) is 1. The quantitative estimate of drug-likeness (QED) is 0.796. The van der Waals surface area contributed by atoms with Crippen LogP contribution in [-0.4, -0.2) is 10.5 Å². The molecule has 0 fully saturated rings. The van der Waals surface area contributed by atoms with Crippen molar-refractivity contribution in [3.05, 3.63) is 106 Å². The molecule has 126 valence electrons. The summed E-state index contributed by atoms with van der Waals surface area (Å²) in [4.78, 5) is 24.1. The van der Waals surface area contributed by atoms with Crippen LogP contribution in [0.1, 0.15) is 27.5 Å². The molecule has 0 saturated heterocycles. The highest BCUT2D eigenvalue weighted by Gasteiger charge is 2.18. The molecule has 2 aromatic carbocycles. The van der Waals surface area contributed by atoms with Gasteiger partial charge in [-0.1, -0.05) is 42.5 Å². The molecule has 0 aliphatic heterocycles. The maximum absolute atomic E-state index is 13.2. The summed E-state index contributed by atoms with van der Waals surface area (Å²) in [6.07, 6.45) is 1.49. The van der Waals surface area contributed by atoms with Crippen LogP contribution in [0.15, 0.2) is 77.7 Å². The predicted octanol–water partition coefficient (Wildman–Crippen LogP) is 3.04. The second-order valence-corrected chi connectivity index (χ2v) is 5.74. The van der Waals surface area contributed by atoms with E-state index >= 15 is 0 Å². The van der Waals surface area contributed by atoms with Gasteiger partial charge in [-0.25, -0.2) is 4.39 Å². The van der Waals surface area contributed by atoms with E-state index in [2.05, 4.69) is 5.32 Å². The molecule has 1 atom stereocenters. The highest BCUT2D eigenvalue weighted by atomic mass is 19.1. The fourth-order valence-electron chi connectivity index (χ4n) is 2.60. The molecule has 1 heterocycles. The number of halogens is 1. The lowest BCUT2D eigenvalue weighted by molar-refractivity contribution is 0.0942. The SMILES string of the molecule is Cn1cc(C(=O)N[C@@H](c2ccccc2)c2ccc(F)cc2)ccc1=O. The van der Waals surface area contributed by atoms with Crippen LogP contribution < -0.4 is 10.9 Å². The molecule has 25 heavy (non-hydrogen) atoms. The molecular formula is C20H17FN2O2. The molecule has 0 aliphatic carbocycles. The smallest absolute Gasteiger partial charge is 0.253 e. The Morgan fingerprint density at radius 1 is 0.960 bits per heavy atom. The number of carbonyl (C=O) groups excluding carboxylic acids is 1. The van der Waals surface area contributed by atoms with Crippen molar-refractivity contribution in [2.75, 3.05) is 0 Å². The Hall–Kier alpha value is -3.21. The van der Waals surface area contributed by atoms with Crippen LogP contribution in [0.25, 0.3) is 0 Å². The zero-order chi connectivity index (χ0) is 17.8. The highest BCUT2D eigenvalue weighted by Crippen LogP contribution is 2.22. The van der Waals surface area contributed by atoms with Crippen molar-refractivity contribution in [2.24, 2.45) is 7.05 Å². The lowest BCUT2D eigenvalue weighted by Crippen LogP contribution is -2.30. The van der Waals surface area contributed by atoms with Gasteiger partial charge in [0.25, 0.3) is 5.91 Å². The Kier molecular flexibility index (Phi) is 4.75. The van der Waals surface area contributed by atoms with E-state index in [-0.39, 0.29) is 17.3 Å². The second-order valence-electron chi connectivity index (χ2n) is 5.74. The summed E-state index contributed by atoms with van der Waals surface area (Å²) in [6.45, 7) is 0. The standard InChI is InChI=1S/C20H17FN2O2/c1-23-13-16(9-12-18(23)24)20(25)22-19(14-5-3-2-4-6-14)15-7-10-17(21)11-8-15/h2-13,19H,1H3,(H,22,25)/t19-/m0/s1. The van der Waals surface area contributed by atoms with E-state index < -0.39 is 6.04 Å². The van der Waals surface area contributed by atoms with Crippen LogP contribution in [0.2, 0.25) is 0 Å². The number of nitrogens with zero attached hydrogens (tertiary/aromatic N) is 1. The number of aryl methyl sites for hydroxylation is 1. The third kappa shape index (κ3) is 3.83. The average molecular weight is 336 g/mol. The minimum atomic E-state index is -0.425. The first-order chi connectivity index (χ1) is 12.0. The zero-order valence-corrected chi connectivity index (χ0v) is 13.6. The van der Waals surface area contributed by atoms with E-state index in [0.29, 0.717) is 5.56 Å². The monoisotopic (exact) mass is 336 g/mol. The van der Waals surface area contributed by atoms with Crippen molar-refractivity contribution >= 4 is 5.91 Å². The van der Waals surface area contributed by atoms with E-state index in [9.17, 15) is 14.0 Å². The van der Waals surface area contributed by atoms with E-state index in [1.54, 1.807) is 19.2 Å². The lowest BCUT2D eigenvalue weighted by atomic mass is 9.98. The van der Waals surface area contributed by atoms with Crippen molar-refractivity contribution in [1.29, 1.82) is 0 Å². The maximum atomic E-state index is 13.2. The fraction of sp³-hybridized carbons (Fsp3) is 0.100. The topological polar surface area (TPSA) is 51.1 Å². The molecule has 0 radical (unpaired) electrons. The Balaban J connectivity index is 1.94. The fourth-order valence-corrected chi connectivity index (χ4v) is 2.60. The molecule has 5 heteroatoms. The Labute approximate surface area is 144 Å². The van der Waals surface area contributed by atoms with Gasteiger partial charge in [-0.05, 0) is 29.3 Å². The van der Waals surface area contributed by atoms with Crippen molar-refractivity contribution in [2.45, 2.75) is 6.04 Å². The van der Waals surface area contributed by atoms with Gasteiger partial charge < -0.3 is 9.88 Å². The first kappa shape index (κ1) is 16.6. The van der Waals surface area contributed by atoms with E-state index in [0.717, 1.165) is 11.1 Å². The van der Waals surface area contributed by atoms with Gasteiger partial charge in [0, 0.05) is 19.3 Å². The number of rotatable bonds is 4. The van der Waals surface area contributed by atoms with Crippen molar-refractivity contribution in [1.82, 2.24) is 9.88 Å². The van der Waals surface area contributed by atoms with Gasteiger partial charge in [0.15, 0.2) is 0 Å². The first-order valence-corrected chi connectivity index (χ1v) is 7.82. The van der Waals surface area contributed by atoms with Crippen LogP contribution in [0.5, 0.6) is 0 Å². The highest BCUT2D eigenvalue weighted by molar-refractivity contribution is 5.94. The number of hydrogen-bond donors (Lipinski definition) is 1. The Morgan fingerprint density at radius 3 is 2.24 bits per heavy atom. The van der Waals surface area contributed by atoms with E-state index in [1.807, 2.05) is 30.3 Å². The summed E-state index contributed by atoms with van der Waals surface area (Å²) >= 11 is 0. The summed E-state index contributed by atoms with van der Waals surface area (Å²) in [5.41, 5.74) is 1.85. The van der Waals surface area contributed by atoms with Gasteiger partial charge in [-0.2, -0.15) is 0 Å². The van der Waals surface area contributed by atoms with Crippen LogP contribution in [0, 0.1) is 5.82 Å². The second kappa shape index (κ2) is 7.13. The van der Waals surface area contributed by atoms with Gasteiger partial charge in [0.05, 0.1) is 11.6 Å². The molecular weight excluding hydrogens is 319 g/mol. The van der Waals surface area contributed by atoms with E-state index in [4.69, 9.17) is 0 Å². The molecule has 0 aliphatic rings. The van der Waals surface area contributed by atoms with Gasteiger partial charge >= 0.3 is 0 Å². The summed E-state index contributed by atoms with van der Waals surface area (Å²) in [5, 5.41) is 2.96. The maximum Gasteiger partial charge on any atom is 0.253 e. The number of aromatic nitrogens is 1. The van der Waals surface area contributed by atoms with Gasteiger partial charge in [0.1, 0.15) is 5.82 Å². The predicted molar refractivity (Wildman–Crippen MR) is 93.8 cm³/mol. The molecule has 0 saturated carbocycles. The molecule has 1 aromatic heterocycles. The van der Waals surface area contributed by atoms with Crippen molar-refractivity contribution in [3.8, 4) is 0 Å². The minimum Gasteiger partial charge on any atom is -0.341 e. The third-order valence-corrected chi connectivity index (χ3v) is 3.96. The third-order valence-electron chi connectivity index (χ3n) is 3.96. The minimum absolute atomic E-state index is 0.185. The molecule has 1 N–H and O–H groups in total. The molecule has 0 spiro atoms.